The van der Waals surface area contributed by atoms with Crippen LogP contribution in [0.15, 0.2) is 18.3 Å². The maximum Gasteiger partial charge on any atom is 0.272 e. The van der Waals surface area contributed by atoms with Gasteiger partial charge in [-0.3, -0.25) is 14.6 Å². The molecule has 0 aromatic carbocycles. The van der Waals surface area contributed by atoms with Crippen LogP contribution < -0.4 is 10.6 Å². The molecule has 0 unspecified atom stereocenters. The van der Waals surface area contributed by atoms with Crippen LogP contribution in [0.2, 0.25) is 0 Å². The second-order valence-corrected chi connectivity index (χ2v) is 4.26. The van der Waals surface area contributed by atoms with Crippen LogP contribution in [0.1, 0.15) is 23.8 Å². The highest BCUT2D eigenvalue weighted by Gasteiger charge is 2.09. The molecule has 0 atom stereocenters. The molecule has 0 saturated carbocycles. The van der Waals surface area contributed by atoms with Crippen molar-refractivity contribution in [2.45, 2.75) is 13.3 Å². The summed E-state index contributed by atoms with van der Waals surface area (Å²) in [6.45, 7) is 3.04. The van der Waals surface area contributed by atoms with Gasteiger partial charge in [0.25, 0.3) is 5.91 Å². The summed E-state index contributed by atoms with van der Waals surface area (Å²) in [6, 6.07) is 3.45. The van der Waals surface area contributed by atoms with Gasteiger partial charge in [0.1, 0.15) is 5.69 Å². The van der Waals surface area contributed by atoms with Gasteiger partial charge in [-0.1, -0.05) is 0 Å². The number of carbonyl (C=O) groups is 2. The highest BCUT2D eigenvalue weighted by atomic mass is 16.2. The molecule has 2 N–H and O–H groups in total. The van der Waals surface area contributed by atoms with Crippen molar-refractivity contribution >= 4 is 17.5 Å². The Morgan fingerprint density at radius 2 is 2.11 bits per heavy atom. The Hall–Kier alpha value is -2.11. The average molecular weight is 264 g/mol. The number of nitrogens with one attached hydrogen (secondary N) is 2. The molecule has 19 heavy (non-hydrogen) atoms. The van der Waals surface area contributed by atoms with Crippen LogP contribution in [0, 0.1) is 0 Å². The van der Waals surface area contributed by atoms with Crippen molar-refractivity contribution in [2.24, 2.45) is 0 Å². The summed E-state index contributed by atoms with van der Waals surface area (Å²) in [6.07, 6.45) is 1.97. The van der Waals surface area contributed by atoms with Crippen LogP contribution in [-0.2, 0) is 4.79 Å². The molecule has 104 valence electrons. The lowest BCUT2D eigenvalue weighted by molar-refractivity contribution is -0.120. The minimum Gasteiger partial charge on any atom is -0.384 e. The maximum absolute atomic E-state index is 11.7. The van der Waals surface area contributed by atoms with Crippen LogP contribution in [0.25, 0.3) is 0 Å². The summed E-state index contributed by atoms with van der Waals surface area (Å²) in [5, 5.41) is 5.82. The third-order valence-electron chi connectivity index (χ3n) is 2.44. The lowest BCUT2D eigenvalue weighted by atomic mass is 10.3. The molecule has 2 amide bonds. The van der Waals surface area contributed by atoms with Gasteiger partial charge in [0.05, 0.1) is 0 Å². The SMILES string of the molecule is CCNC(=O)CCNc1ccnc(C(=O)N(C)C)c1. The Morgan fingerprint density at radius 1 is 1.37 bits per heavy atom. The first kappa shape index (κ1) is 14.9. The molecule has 0 aliphatic rings. The highest BCUT2D eigenvalue weighted by molar-refractivity contribution is 5.92. The number of aromatic nitrogens is 1. The minimum atomic E-state index is -0.146. The first-order chi connectivity index (χ1) is 9.04. The molecule has 6 nitrogen and oxygen atoms in total. The number of nitrogens with zero attached hydrogens (tertiary/aromatic N) is 2. The van der Waals surface area contributed by atoms with E-state index in [1.165, 1.54) is 4.90 Å². The second kappa shape index (κ2) is 7.35. The maximum atomic E-state index is 11.7. The number of hydrogen-bond donors (Lipinski definition) is 2. The van der Waals surface area contributed by atoms with Crippen molar-refractivity contribution in [3.8, 4) is 0 Å². The molecule has 0 bridgehead atoms. The molecule has 0 aliphatic heterocycles. The van der Waals surface area contributed by atoms with E-state index in [1.807, 2.05) is 6.92 Å². The van der Waals surface area contributed by atoms with E-state index < -0.39 is 0 Å². The monoisotopic (exact) mass is 264 g/mol. The third-order valence-corrected chi connectivity index (χ3v) is 2.44. The van der Waals surface area contributed by atoms with Crippen molar-refractivity contribution in [1.29, 1.82) is 0 Å². The van der Waals surface area contributed by atoms with Crippen molar-refractivity contribution in [3.63, 3.8) is 0 Å². The topological polar surface area (TPSA) is 74.3 Å². The van der Waals surface area contributed by atoms with Gasteiger partial charge in [-0.15, -0.1) is 0 Å². The van der Waals surface area contributed by atoms with Gasteiger partial charge < -0.3 is 15.5 Å². The number of amides is 2. The number of rotatable bonds is 6. The van der Waals surface area contributed by atoms with Gasteiger partial charge >= 0.3 is 0 Å². The Balaban J connectivity index is 2.53. The predicted octanol–water partition coefficient (Wildman–Crippen LogP) is 0.721. The van der Waals surface area contributed by atoms with Crippen molar-refractivity contribution in [3.05, 3.63) is 24.0 Å². The van der Waals surface area contributed by atoms with Crippen LogP contribution in [0.3, 0.4) is 0 Å². The summed E-state index contributed by atoms with van der Waals surface area (Å²) in [7, 11) is 3.36. The van der Waals surface area contributed by atoms with E-state index >= 15 is 0 Å². The van der Waals surface area contributed by atoms with Gasteiger partial charge in [0, 0.05) is 45.5 Å². The standard InChI is InChI=1S/C13H20N4O2/c1-4-14-12(18)6-8-15-10-5-7-16-11(9-10)13(19)17(2)3/h5,7,9H,4,6,8H2,1-3H3,(H,14,18)(H,15,16). The van der Waals surface area contributed by atoms with Crippen molar-refractivity contribution in [1.82, 2.24) is 15.2 Å². The first-order valence-corrected chi connectivity index (χ1v) is 6.23. The molecule has 0 radical (unpaired) electrons. The zero-order valence-corrected chi connectivity index (χ0v) is 11.6. The summed E-state index contributed by atoms with van der Waals surface area (Å²) in [4.78, 5) is 28.5. The third kappa shape index (κ3) is 4.95. The second-order valence-electron chi connectivity index (χ2n) is 4.26. The van der Waals surface area contributed by atoms with E-state index in [-0.39, 0.29) is 11.8 Å². The summed E-state index contributed by atoms with van der Waals surface area (Å²) in [5.74, 6) is -0.138. The Labute approximate surface area is 113 Å². The Bertz CT molecular complexity index is 446. The molecule has 0 aliphatic carbocycles. The lowest BCUT2D eigenvalue weighted by Gasteiger charge is -2.11. The minimum absolute atomic E-state index is 0.00801. The molecular formula is C13H20N4O2. The predicted molar refractivity (Wildman–Crippen MR) is 74.0 cm³/mol. The molecule has 1 rings (SSSR count). The Morgan fingerprint density at radius 3 is 2.74 bits per heavy atom. The summed E-state index contributed by atoms with van der Waals surface area (Å²) >= 11 is 0. The van der Waals surface area contributed by atoms with E-state index in [0.29, 0.717) is 25.2 Å². The highest BCUT2D eigenvalue weighted by Crippen LogP contribution is 2.09. The van der Waals surface area contributed by atoms with Gasteiger partial charge in [-0.25, -0.2) is 0 Å². The number of hydrogen-bond acceptors (Lipinski definition) is 4. The van der Waals surface area contributed by atoms with Crippen LogP contribution in [0.4, 0.5) is 5.69 Å². The molecular weight excluding hydrogens is 244 g/mol. The molecule has 0 spiro atoms. The Kier molecular flexibility index (Phi) is 5.78. The molecule has 0 saturated heterocycles. The van der Waals surface area contributed by atoms with E-state index in [9.17, 15) is 9.59 Å². The molecule has 1 heterocycles. The zero-order valence-electron chi connectivity index (χ0n) is 11.6. The van der Waals surface area contributed by atoms with E-state index in [4.69, 9.17) is 0 Å². The summed E-state index contributed by atoms with van der Waals surface area (Å²) < 4.78 is 0. The van der Waals surface area contributed by atoms with E-state index in [1.54, 1.807) is 32.4 Å². The van der Waals surface area contributed by atoms with Crippen LogP contribution in [-0.4, -0.2) is 48.9 Å². The van der Waals surface area contributed by atoms with Crippen molar-refractivity contribution < 1.29 is 9.59 Å². The smallest absolute Gasteiger partial charge is 0.272 e. The quantitative estimate of drug-likeness (QED) is 0.794. The normalized spacial score (nSPS) is 9.84. The molecule has 6 heteroatoms. The fraction of sp³-hybridized carbons (Fsp3) is 0.462. The fourth-order valence-electron chi connectivity index (χ4n) is 1.49. The summed E-state index contributed by atoms with van der Waals surface area (Å²) in [5.41, 5.74) is 1.16. The number of anilines is 1. The first-order valence-electron chi connectivity index (χ1n) is 6.23. The van der Waals surface area contributed by atoms with Crippen LogP contribution in [0.5, 0.6) is 0 Å². The molecule has 0 fully saturated rings. The van der Waals surface area contributed by atoms with Crippen LogP contribution >= 0.6 is 0 Å². The van der Waals surface area contributed by atoms with Crippen molar-refractivity contribution in [2.75, 3.05) is 32.5 Å². The molecule has 1 aromatic rings. The number of carbonyl (C=O) groups excluding carboxylic acids is 2. The van der Waals surface area contributed by atoms with Gasteiger partial charge in [0.15, 0.2) is 0 Å². The fourth-order valence-corrected chi connectivity index (χ4v) is 1.49. The van der Waals surface area contributed by atoms with Gasteiger partial charge in [-0.05, 0) is 19.1 Å². The van der Waals surface area contributed by atoms with Gasteiger partial charge in [-0.2, -0.15) is 0 Å². The van der Waals surface area contributed by atoms with E-state index in [2.05, 4.69) is 15.6 Å². The molecule has 1 aromatic heterocycles. The largest absolute Gasteiger partial charge is 0.384 e. The average Bonchev–Trinajstić information content (AvgIpc) is 2.38. The lowest BCUT2D eigenvalue weighted by Crippen LogP contribution is -2.25. The number of pyridine rings is 1. The van der Waals surface area contributed by atoms with E-state index in [0.717, 1.165) is 5.69 Å². The zero-order chi connectivity index (χ0) is 14.3. The van der Waals surface area contributed by atoms with Gasteiger partial charge in [0.2, 0.25) is 5.91 Å².